The molecule has 0 N–H and O–H groups in total. The highest BCUT2D eigenvalue weighted by molar-refractivity contribution is 5.88. The number of hydrogen-bond acceptors (Lipinski definition) is 1. The fraction of sp³-hybridized carbons (Fsp3) is 0.400. The van der Waals surface area contributed by atoms with E-state index in [0.717, 1.165) is 32.2 Å². The van der Waals surface area contributed by atoms with Crippen molar-refractivity contribution < 1.29 is 4.79 Å². The first-order valence-electron chi connectivity index (χ1n) is 6.26. The SMILES string of the molecule is CC=CCCC=CC=CC(=O)N1C=CCCC1. The van der Waals surface area contributed by atoms with Gasteiger partial charge < -0.3 is 4.90 Å². The van der Waals surface area contributed by atoms with E-state index in [9.17, 15) is 4.79 Å². The van der Waals surface area contributed by atoms with Crippen molar-refractivity contribution in [3.8, 4) is 0 Å². The summed E-state index contributed by atoms with van der Waals surface area (Å²) in [5, 5.41) is 0. The van der Waals surface area contributed by atoms with E-state index in [1.807, 2.05) is 31.4 Å². The van der Waals surface area contributed by atoms with Crippen molar-refractivity contribution in [3.63, 3.8) is 0 Å². The Morgan fingerprint density at radius 3 is 2.82 bits per heavy atom. The van der Waals surface area contributed by atoms with Gasteiger partial charge in [-0.25, -0.2) is 0 Å². The van der Waals surface area contributed by atoms with Crippen LogP contribution in [0, 0.1) is 0 Å². The highest BCUT2D eigenvalue weighted by Crippen LogP contribution is 2.06. The summed E-state index contributed by atoms with van der Waals surface area (Å²) in [6.45, 7) is 2.86. The van der Waals surface area contributed by atoms with Crippen molar-refractivity contribution in [1.29, 1.82) is 0 Å². The van der Waals surface area contributed by atoms with Gasteiger partial charge in [0.25, 0.3) is 0 Å². The van der Waals surface area contributed by atoms with E-state index in [-0.39, 0.29) is 5.91 Å². The van der Waals surface area contributed by atoms with Gasteiger partial charge in [-0.3, -0.25) is 4.79 Å². The van der Waals surface area contributed by atoms with Crippen molar-refractivity contribution in [1.82, 2.24) is 4.90 Å². The second kappa shape index (κ2) is 8.57. The second-order valence-electron chi connectivity index (χ2n) is 3.99. The first-order valence-corrected chi connectivity index (χ1v) is 6.26. The van der Waals surface area contributed by atoms with Crippen LogP contribution in [-0.4, -0.2) is 17.4 Å². The quantitative estimate of drug-likeness (QED) is 0.306. The molecule has 1 rings (SSSR count). The minimum Gasteiger partial charge on any atom is -0.316 e. The highest BCUT2D eigenvalue weighted by atomic mass is 16.2. The summed E-state index contributed by atoms with van der Waals surface area (Å²) in [5.74, 6) is 0.0686. The van der Waals surface area contributed by atoms with E-state index in [4.69, 9.17) is 0 Å². The fourth-order valence-electron chi connectivity index (χ4n) is 1.61. The summed E-state index contributed by atoms with van der Waals surface area (Å²) < 4.78 is 0. The molecule has 0 saturated carbocycles. The molecule has 17 heavy (non-hydrogen) atoms. The Balaban J connectivity index is 2.25. The first-order chi connectivity index (χ1) is 8.34. The van der Waals surface area contributed by atoms with Gasteiger partial charge in [0.15, 0.2) is 0 Å². The molecule has 1 aliphatic rings. The number of amides is 1. The number of allylic oxidation sites excluding steroid dienone is 6. The zero-order valence-corrected chi connectivity index (χ0v) is 10.5. The van der Waals surface area contributed by atoms with Crippen LogP contribution >= 0.6 is 0 Å². The summed E-state index contributed by atoms with van der Waals surface area (Å²) in [5.41, 5.74) is 0. The topological polar surface area (TPSA) is 20.3 Å². The zero-order valence-electron chi connectivity index (χ0n) is 10.5. The Morgan fingerprint density at radius 2 is 2.12 bits per heavy atom. The number of carbonyl (C=O) groups excluding carboxylic acids is 1. The van der Waals surface area contributed by atoms with E-state index in [0.29, 0.717) is 0 Å². The number of carbonyl (C=O) groups is 1. The standard InChI is InChI=1S/C15H21NO/c1-2-3-4-5-6-7-9-12-15(17)16-13-10-8-11-14-16/h2-3,6-7,9-10,12-13H,4-5,8,11,14H2,1H3. The van der Waals surface area contributed by atoms with Crippen molar-refractivity contribution in [2.24, 2.45) is 0 Å². The van der Waals surface area contributed by atoms with E-state index < -0.39 is 0 Å². The van der Waals surface area contributed by atoms with E-state index in [1.54, 1.807) is 11.0 Å². The van der Waals surface area contributed by atoms with Crippen LogP contribution in [0.25, 0.3) is 0 Å². The van der Waals surface area contributed by atoms with Crippen molar-refractivity contribution >= 4 is 5.91 Å². The Hall–Kier alpha value is -1.57. The summed E-state index contributed by atoms with van der Waals surface area (Å²) in [6.07, 6.45) is 19.8. The lowest BCUT2D eigenvalue weighted by atomic mass is 10.2. The number of unbranched alkanes of at least 4 members (excludes halogenated alkanes) is 1. The van der Waals surface area contributed by atoms with Crippen LogP contribution in [0.3, 0.4) is 0 Å². The van der Waals surface area contributed by atoms with Gasteiger partial charge in [0.1, 0.15) is 0 Å². The largest absolute Gasteiger partial charge is 0.316 e. The molecule has 1 amide bonds. The van der Waals surface area contributed by atoms with Gasteiger partial charge in [0.2, 0.25) is 5.91 Å². The van der Waals surface area contributed by atoms with Gasteiger partial charge in [0.05, 0.1) is 0 Å². The number of hydrogen-bond donors (Lipinski definition) is 0. The Morgan fingerprint density at radius 1 is 1.29 bits per heavy atom. The van der Waals surface area contributed by atoms with Gasteiger partial charge in [-0.2, -0.15) is 0 Å². The van der Waals surface area contributed by atoms with Gasteiger partial charge in [0, 0.05) is 18.8 Å². The lowest BCUT2D eigenvalue weighted by Crippen LogP contribution is -2.26. The van der Waals surface area contributed by atoms with Crippen LogP contribution in [0.1, 0.15) is 32.6 Å². The van der Waals surface area contributed by atoms with Crippen LogP contribution in [0.4, 0.5) is 0 Å². The van der Waals surface area contributed by atoms with E-state index in [1.165, 1.54) is 0 Å². The lowest BCUT2D eigenvalue weighted by molar-refractivity contribution is -0.123. The average Bonchev–Trinajstić information content (AvgIpc) is 2.38. The third kappa shape index (κ3) is 5.91. The molecule has 1 heterocycles. The molecular weight excluding hydrogens is 210 g/mol. The molecule has 0 saturated heterocycles. The zero-order chi connectivity index (χ0) is 12.3. The van der Waals surface area contributed by atoms with Crippen molar-refractivity contribution in [3.05, 3.63) is 48.7 Å². The van der Waals surface area contributed by atoms with Crippen LogP contribution in [0.5, 0.6) is 0 Å². The minimum absolute atomic E-state index is 0.0686. The first kappa shape index (κ1) is 13.5. The maximum Gasteiger partial charge on any atom is 0.250 e. The second-order valence-corrected chi connectivity index (χ2v) is 3.99. The molecule has 0 unspecified atom stereocenters. The average molecular weight is 231 g/mol. The molecule has 0 aliphatic carbocycles. The molecule has 0 aromatic heterocycles. The van der Waals surface area contributed by atoms with Crippen LogP contribution in [0.15, 0.2) is 48.7 Å². The van der Waals surface area contributed by atoms with E-state index in [2.05, 4.69) is 18.2 Å². The molecule has 92 valence electrons. The lowest BCUT2D eigenvalue weighted by Gasteiger charge is -2.19. The van der Waals surface area contributed by atoms with Crippen LogP contribution in [0.2, 0.25) is 0 Å². The van der Waals surface area contributed by atoms with Crippen LogP contribution in [-0.2, 0) is 4.79 Å². The molecule has 0 radical (unpaired) electrons. The predicted molar refractivity (Wildman–Crippen MR) is 72.4 cm³/mol. The van der Waals surface area contributed by atoms with Gasteiger partial charge in [-0.1, -0.05) is 36.5 Å². The maximum atomic E-state index is 11.7. The summed E-state index contributed by atoms with van der Waals surface area (Å²) >= 11 is 0. The Kier molecular flexibility index (Phi) is 6.80. The third-order valence-corrected chi connectivity index (χ3v) is 2.56. The van der Waals surface area contributed by atoms with Gasteiger partial charge in [-0.15, -0.1) is 0 Å². The molecule has 0 bridgehead atoms. The minimum atomic E-state index is 0.0686. The molecular formula is C15H21NO. The molecule has 2 heteroatoms. The Labute approximate surface area is 104 Å². The maximum absolute atomic E-state index is 11.7. The third-order valence-electron chi connectivity index (χ3n) is 2.56. The molecule has 1 aliphatic heterocycles. The molecule has 0 aromatic carbocycles. The summed E-state index contributed by atoms with van der Waals surface area (Å²) in [4.78, 5) is 13.4. The smallest absolute Gasteiger partial charge is 0.250 e. The molecule has 0 atom stereocenters. The number of rotatable bonds is 5. The van der Waals surface area contributed by atoms with Gasteiger partial charge in [-0.05, 0) is 32.6 Å². The number of nitrogens with zero attached hydrogens (tertiary/aromatic N) is 1. The normalized spacial score (nSPS) is 16.6. The van der Waals surface area contributed by atoms with Crippen LogP contribution < -0.4 is 0 Å². The summed E-state index contributed by atoms with van der Waals surface area (Å²) in [6, 6.07) is 0. The molecule has 0 spiro atoms. The fourth-order valence-corrected chi connectivity index (χ4v) is 1.61. The van der Waals surface area contributed by atoms with Crippen molar-refractivity contribution in [2.45, 2.75) is 32.6 Å². The molecule has 2 nitrogen and oxygen atoms in total. The highest BCUT2D eigenvalue weighted by Gasteiger charge is 2.08. The summed E-state index contributed by atoms with van der Waals surface area (Å²) in [7, 11) is 0. The van der Waals surface area contributed by atoms with Gasteiger partial charge >= 0.3 is 0 Å². The monoisotopic (exact) mass is 231 g/mol. The van der Waals surface area contributed by atoms with E-state index >= 15 is 0 Å². The van der Waals surface area contributed by atoms with Crippen molar-refractivity contribution in [2.75, 3.05) is 6.54 Å². The molecule has 0 fully saturated rings. The predicted octanol–water partition coefficient (Wildman–Crippen LogP) is 3.59. The molecule has 0 aromatic rings. The Bertz CT molecular complexity index is 337.